The number of hydrogen-bond donors (Lipinski definition) is 0. The fraction of sp³-hybridized carbons (Fsp3) is 0.667. The minimum atomic E-state index is -0.804. The Morgan fingerprint density at radius 1 is 0.280 bits per heavy atom. The summed E-state index contributed by atoms with van der Waals surface area (Å²) in [6.07, 6.45) is 86.3. The Morgan fingerprint density at radius 3 is 0.840 bits per heavy atom. The maximum atomic E-state index is 12.9. The van der Waals surface area contributed by atoms with E-state index in [4.69, 9.17) is 14.2 Å². The number of hydrogen-bond acceptors (Lipinski definition) is 6. The highest BCUT2D eigenvalue weighted by Crippen LogP contribution is 2.15. The molecule has 75 heavy (non-hydrogen) atoms. The lowest BCUT2D eigenvalue weighted by molar-refractivity contribution is -0.167. The van der Waals surface area contributed by atoms with E-state index in [1.165, 1.54) is 116 Å². The monoisotopic (exact) mass is 1040 g/mol. The molecule has 0 aromatic heterocycles. The first-order valence-corrected chi connectivity index (χ1v) is 31.0. The minimum absolute atomic E-state index is 0.0973. The van der Waals surface area contributed by atoms with E-state index in [1.54, 1.807) is 0 Å². The molecule has 0 amide bonds. The highest BCUT2D eigenvalue weighted by molar-refractivity contribution is 5.71. The molecule has 0 rings (SSSR count). The average molecular weight is 1040 g/mol. The van der Waals surface area contributed by atoms with Gasteiger partial charge >= 0.3 is 17.9 Å². The highest BCUT2D eigenvalue weighted by Gasteiger charge is 2.19. The van der Waals surface area contributed by atoms with Gasteiger partial charge in [-0.3, -0.25) is 14.4 Å². The molecule has 426 valence electrons. The van der Waals surface area contributed by atoms with Crippen LogP contribution >= 0.6 is 0 Å². The SMILES string of the molecule is CC/C=C\C/C=C\C/C=C\C/C=C\CCCCCCCCCCCCCCC(=O)OCC(COC(=O)CCCC/C=C\C/C=C\C/C=C\C/C=C\CC)OC(=O)CCCCCCCCC/C=C\C/C=C\CCCCC. The molecule has 1 unspecified atom stereocenters. The van der Waals surface area contributed by atoms with Crippen LogP contribution in [0.25, 0.3) is 0 Å². The molecule has 0 aliphatic rings. The minimum Gasteiger partial charge on any atom is -0.462 e. The molecule has 0 fully saturated rings. The van der Waals surface area contributed by atoms with Crippen LogP contribution in [0.4, 0.5) is 0 Å². The quantitative estimate of drug-likeness (QED) is 0.0261. The number of esters is 3. The van der Waals surface area contributed by atoms with E-state index in [9.17, 15) is 14.4 Å². The maximum absolute atomic E-state index is 12.9. The molecule has 6 nitrogen and oxygen atoms in total. The van der Waals surface area contributed by atoms with Crippen LogP contribution in [-0.2, 0) is 28.6 Å². The van der Waals surface area contributed by atoms with Crippen LogP contribution < -0.4 is 0 Å². The molecule has 0 radical (unpaired) electrons. The van der Waals surface area contributed by atoms with Gasteiger partial charge in [0.15, 0.2) is 6.10 Å². The second-order valence-electron chi connectivity index (χ2n) is 20.2. The molecule has 0 aromatic rings. The highest BCUT2D eigenvalue weighted by atomic mass is 16.6. The third-order valence-electron chi connectivity index (χ3n) is 12.9. The molecular weight excluding hydrogens is 925 g/mol. The predicted octanol–water partition coefficient (Wildman–Crippen LogP) is 21.2. The third kappa shape index (κ3) is 60.6. The van der Waals surface area contributed by atoms with Gasteiger partial charge in [0.1, 0.15) is 13.2 Å². The molecule has 6 heteroatoms. The van der Waals surface area contributed by atoms with Gasteiger partial charge < -0.3 is 14.2 Å². The normalized spacial score (nSPS) is 12.9. The van der Waals surface area contributed by atoms with E-state index in [-0.39, 0.29) is 31.1 Å². The van der Waals surface area contributed by atoms with Crippen molar-refractivity contribution in [3.05, 3.63) is 122 Å². The molecule has 0 aliphatic heterocycles. The number of carbonyl (C=O) groups is 3. The molecular formula is C69H114O6. The van der Waals surface area contributed by atoms with Crippen molar-refractivity contribution in [1.82, 2.24) is 0 Å². The first kappa shape index (κ1) is 70.8. The summed E-state index contributed by atoms with van der Waals surface area (Å²) in [7, 11) is 0. The molecule has 1 atom stereocenters. The van der Waals surface area contributed by atoms with Gasteiger partial charge in [-0.15, -0.1) is 0 Å². The molecule has 0 aliphatic carbocycles. The molecule has 0 spiro atoms. The van der Waals surface area contributed by atoms with E-state index in [1.807, 2.05) is 0 Å². The van der Waals surface area contributed by atoms with Crippen LogP contribution in [-0.4, -0.2) is 37.2 Å². The van der Waals surface area contributed by atoms with Crippen molar-refractivity contribution in [2.24, 2.45) is 0 Å². The second-order valence-corrected chi connectivity index (χ2v) is 20.2. The fourth-order valence-electron chi connectivity index (χ4n) is 8.34. The Bertz CT molecular complexity index is 1570. The van der Waals surface area contributed by atoms with E-state index in [2.05, 4.69) is 142 Å². The van der Waals surface area contributed by atoms with Crippen LogP contribution in [0.15, 0.2) is 122 Å². The second kappa shape index (κ2) is 62.4. The molecule has 0 aromatic carbocycles. The summed E-state index contributed by atoms with van der Waals surface area (Å²) in [5.74, 6) is -0.947. The zero-order valence-electron chi connectivity index (χ0n) is 48.8. The number of unbranched alkanes of at least 4 members (excludes halogenated alkanes) is 24. The van der Waals surface area contributed by atoms with E-state index < -0.39 is 6.10 Å². The van der Waals surface area contributed by atoms with Crippen molar-refractivity contribution in [3.8, 4) is 0 Å². The van der Waals surface area contributed by atoms with Gasteiger partial charge in [-0.25, -0.2) is 0 Å². The lowest BCUT2D eigenvalue weighted by Crippen LogP contribution is -2.30. The van der Waals surface area contributed by atoms with E-state index >= 15 is 0 Å². The van der Waals surface area contributed by atoms with E-state index in [0.717, 1.165) is 122 Å². The molecule has 0 heterocycles. The van der Waals surface area contributed by atoms with Crippen molar-refractivity contribution in [1.29, 1.82) is 0 Å². The van der Waals surface area contributed by atoms with Crippen LogP contribution in [0.3, 0.4) is 0 Å². The first-order chi connectivity index (χ1) is 37.0. The first-order valence-electron chi connectivity index (χ1n) is 31.0. The Balaban J connectivity index is 4.39. The van der Waals surface area contributed by atoms with Crippen molar-refractivity contribution in [3.63, 3.8) is 0 Å². The summed E-state index contributed by atoms with van der Waals surface area (Å²) < 4.78 is 16.9. The van der Waals surface area contributed by atoms with Gasteiger partial charge in [0.25, 0.3) is 0 Å². The van der Waals surface area contributed by atoms with Crippen LogP contribution in [0.1, 0.15) is 278 Å². The van der Waals surface area contributed by atoms with Crippen LogP contribution in [0.2, 0.25) is 0 Å². The Morgan fingerprint density at radius 2 is 0.520 bits per heavy atom. The summed E-state index contributed by atoms with van der Waals surface area (Å²) in [6, 6.07) is 0. The molecule has 0 N–H and O–H groups in total. The average Bonchev–Trinajstić information content (AvgIpc) is 3.41. The zero-order chi connectivity index (χ0) is 54.3. The van der Waals surface area contributed by atoms with Gasteiger partial charge in [0.05, 0.1) is 0 Å². The van der Waals surface area contributed by atoms with Gasteiger partial charge in [0, 0.05) is 19.3 Å². The number of rotatable bonds is 55. The summed E-state index contributed by atoms with van der Waals surface area (Å²) in [5.41, 5.74) is 0. The van der Waals surface area contributed by atoms with E-state index in [0.29, 0.717) is 19.3 Å². The van der Waals surface area contributed by atoms with Crippen molar-refractivity contribution in [2.45, 2.75) is 284 Å². The molecule has 0 saturated carbocycles. The maximum Gasteiger partial charge on any atom is 0.306 e. The lowest BCUT2D eigenvalue weighted by atomic mass is 10.0. The van der Waals surface area contributed by atoms with Crippen molar-refractivity contribution < 1.29 is 28.6 Å². The Labute approximate surface area is 462 Å². The standard InChI is InChI=1S/C69H114O6/c1-4-7-10-13-16-19-22-25-28-30-31-32-33-34-35-36-37-39-41-44-47-50-53-56-59-62-68(71)74-65-66(64-73-67(70)61-58-55-52-49-46-43-40-27-24-21-18-15-12-9-6-3)75-69(72)63-60-57-54-51-48-45-42-38-29-26-23-20-17-14-11-8-5-2/h7,9-10,12,16-21,25-29,31-32,40,46,49,66H,4-6,8,11,13-15,22-24,30,33-39,41-45,47-48,50-65H2,1-3H3/b10-7-,12-9-,19-16-,20-17-,21-18-,28-25-,29-26-,32-31-,40-27-,49-46-. The summed E-state index contributed by atoms with van der Waals surface area (Å²) in [5, 5.41) is 0. The summed E-state index contributed by atoms with van der Waals surface area (Å²) in [4.78, 5) is 38.3. The van der Waals surface area contributed by atoms with Crippen molar-refractivity contribution >= 4 is 17.9 Å². The lowest BCUT2D eigenvalue weighted by Gasteiger charge is -2.18. The predicted molar refractivity (Wildman–Crippen MR) is 325 cm³/mol. The third-order valence-corrected chi connectivity index (χ3v) is 12.9. The van der Waals surface area contributed by atoms with Crippen molar-refractivity contribution in [2.75, 3.05) is 13.2 Å². The Hall–Kier alpha value is -4.19. The van der Waals surface area contributed by atoms with Gasteiger partial charge in [0.2, 0.25) is 0 Å². The number of allylic oxidation sites excluding steroid dienone is 20. The molecule has 0 saturated heterocycles. The van der Waals surface area contributed by atoms with Gasteiger partial charge in [-0.2, -0.15) is 0 Å². The van der Waals surface area contributed by atoms with Crippen LogP contribution in [0.5, 0.6) is 0 Å². The number of ether oxygens (including phenoxy) is 3. The topological polar surface area (TPSA) is 78.9 Å². The molecule has 0 bridgehead atoms. The largest absolute Gasteiger partial charge is 0.462 e. The fourth-order valence-corrected chi connectivity index (χ4v) is 8.34. The Kier molecular flexibility index (Phi) is 58.9. The van der Waals surface area contributed by atoms with Gasteiger partial charge in [-0.05, 0) is 128 Å². The number of carbonyl (C=O) groups excluding carboxylic acids is 3. The summed E-state index contributed by atoms with van der Waals surface area (Å²) >= 11 is 0. The van der Waals surface area contributed by atoms with Crippen LogP contribution in [0, 0.1) is 0 Å². The smallest absolute Gasteiger partial charge is 0.306 e. The zero-order valence-corrected chi connectivity index (χ0v) is 48.8. The summed E-state index contributed by atoms with van der Waals surface area (Å²) in [6.45, 7) is 6.36. The van der Waals surface area contributed by atoms with Gasteiger partial charge in [-0.1, -0.05) is 251 Å².